The zero-order valence-corrected chi connectivity index (χ0v) is 19.6. The van der Waals surface area contributed by atoms with Gasteiger partial charge in [0.2, 0.25) is 5.91 Å². The molecule has 0 saturated heterocycles. The SMILES string of the molecule is CCC(C)NC(=O)c1ccc(NCC(=O)Nc2ccc(NC(=O)c3cccc(C)c3)cc2)cc1. The number of benzene rings is 3. The van der Waals surface area contributed by atoms with Gasteiger partial charge < -0.3 is 21.3 Å². The van der Waals surface area contributed by atoms with Gasteiger partial charge in [0.1, 0.15) is 0 Å². The summed E-state index contributed by atoms with van der Waals surface area (Å²) in [6, 6.07) is 21.4. The molecule has 0 aliphatic rings. The Kier molecular flexibility index (Phi) is 8.40. The highest BCUT2D eigenvalue weighted by atomic mass is 16.2. The maximum atomic E-state index is 12.4. The lowest BCUT2D eigenvalue weighted by Gasteiger charge is -2.12. The van der Waals surface area contributed by atoms with E-state index in [0.29, 0.717) is 22.5 Å². The Balaban J connectivity index is 1.47. The van der Waals surface area contributed by atoms with Crippen molar-refractivity contribution in [1.29, 1.82) is 0 Å². The van der Waals surface area contributed by atoms with E-state index in [9.17, 15) is 14.4 Å². The van der Waals surface area contributed by atoms with E-state index in [4.69, 9.17) is 0 Å². The number of anilines is 3. The van der Waals surface area contributed by atoms with Crippen molar-refractivity contribution in [3.63, 3.8) is 0 Å². The number of carbonyl (C=O) groups is 3. The molecule has 3 amide bonds. The summed E-state index contributed by atoms with van der Waals surface area (Å²) < 4.78 is 0. The van der Waals surface area contributed by atoms with E-state index in [1.807, 2.05) is 39.0 Å². The summed E-state index contributed by atoms with van der Waals surface area (Å²) in [5.41, 5.74) is 4.18. The van der Waals surface area contributed by atoms with Crippen LogP contribution in [-0.4, -0.2) is 30.3 Å². The number of nitrogens with one attached hydrogen (secondary N) is 4. The van der Waals surface area contributed by atoms with Gasteiger partial charge in [-0.3, -0.25) is 14.4 Å². The minimum atomic E-state index is -0.213. The number of rotatable bonds is 9. The first kappa shape index (κ1) is 24.5. The van der Waals surface area contributed by atoms with Crippen molar-refractivity contribution in [2.24, 2.45) is 0 Å². The van der Waals surface area contributed by atoms with Gasteiger partial charge >= 0.3 is 0 Å². The van der Waals surface area contributed by atoms with Gasteiger partial charge in [0, 0.05) is 34.2 Å². The normalized spacial score (nSPS) is 11.3. The maximum Gasteiger partial charge on any atom is 0.255 e. The van der Waals surface area contributed by atoms with Crippen LogP contribution in [0.4, 0.5) is 17.1 Å². The fraction of sp³-hybridized carbons (Fsp3) is 0.222. The lowest BCUT2D eigenvalue weighted by Crippen LogP contribution is -2.31. The number of hydrogen-bond acceptors (Lipinski definition) is 4. The molecule has 0 fully saturated rings. The van der Waals surface area contributed by atoms with Crippen LogP contribution >= 0.6 is 0 Å². The van der Waals surface area contributed by atoms with Gasteiger partial charge in [-0.25, -0.2) is 0 Å². The van der Waals surface area contributed by atoms with E-state index in [1.165, 1.54) is 0 Å². The van der Waals surface area contributed by atoms with Crippen LogP contribution in [-0.2, 0) is 4.79 Å². The molecule has 4 N–H and O–H groups in total. The molecule has 7 heteroatoms. The quantitative estimate of drug-likeness (QED) is 0.369. The minimum Gasteiger partial charge on any atom is -0.376 e. The molecule has 3 aromatic carbocycles. The minimum absolute atomic E-state index is 0.0737. The summed E-state index contributed by atoms with van der Waals surface area (Å²) in [5.74, 6) is -0.514. The molecule has 0 saturated carbocycles. The third-order valence-electron chi connectivity index (χ3n) is 5.30. The first-order valence-corrected chi connectivity index (χ1v) is 11.3. The van der Waals surface area contributed by atoms with Crippen molar-refractivity contribution in [2.45, 2.75) is 33.2 Å². The number of carbonyl (C=O) groups excluding carboxylic acids is 3. The van der Waals surface area contributed by atoms with Gasteiger partial charge in [-0.1, -0.05) is 24.6 Å². The summed E-state index contributed by atoms with van der Waals surface area (Å²) in [6.45, 7) is 5.99. The topological polar surface area (TPSA) is 99.3 Å². The molecule has 1 unspecified atom stereocenters. The zero-order valence-electron chi connectivity index (χ0n) is 19.6. The molecule has 0 radical (unpaired) electrons. The number of aryl methyl sites for hydroxylation is 1. The van der Waals surface area contributed by atoms with Gasteiger partial charge in [-0.15, -0.1) is 0 Å². The van der Waals surface area contributed by atoms with E-state index in [1.54, 1.807) is 54.6 Å². The molecule has 0 aliphatic carbocycles. The van der Waals surface area contributed by atoms with E-state index >= 15 is 0 Å². The molecule has 0 aromatic heterocycles. The molecular formula is C27H30N4O3. The van der Waals surface area contributed by atoms with Crippen LogP contribution in [0.2, 0.25) is 0 Å². The second kappa shape index (κ2) is 11.7. The van der Waals surface area contributed by atoms with E-state index in [0.717, 1.165) is 17.7 Å². The standard InChI is InChI=1S/C27H30N4O3/c1-4-19(3)29-26(33)20-8-10-22(11-9-20)28-17-25(32)30-23-12-14-24(15-13-23)31-27(34)21-7-5-6-18(2)16-21/h5-16,19,28H,4,17H2,1-3H3,(H,29,33)(H,30,32)(H,31,34). The molecule has 0 bridgehead atoms. The van der Waals surface area contributed by atoms with E-state index < -0.39 is 0 Å². The molecule has 7 nitrogen and oxygen atoms in total. The molecule has 176 valence electrons. The van der Waals surface area contributed by atoms with Crippen molar-refractivity contribution < 1.29 is 14.4 Å². The van der Waals surface area contributed by atoms with Crippen LogP contribution in [0.1, 0.15) is 46.5 Å². The summed E-state index contributed by atoms with van der Waals surface area (Å²) in [6.07, 6.45) is 0.866. The fourth-order valence-electron chi connectivity index (χ4n) is 3.16. The van der Waals surface area contributed by atoms with Crippen LogP contribution in [0.3, 0.4) is 0 Å². The van der Waals surface area contributed by atoms with Gasteiger partial charge in [0.25, 0.3) is 11.8 Å². The van der Waals surface area contributed by atoms with Gasteiger partial charge in [0.05, 0.1) is 6.54 Å². The lowest BCUT2D eigenvalue weighted by molar-refractivity contribution is -0.114. The maximum absolute atomic E-state index is 12.4. The Bertz CT molecular complexity index is 1140. The second-order valence-corrected chi connectivity index (χ2v) is 8.16. The highest BCUT2D eigenvalue weighted by Crippen LogP contribution is 2.16. The van der Waals surface area contributed by atoms with Gasteiger partial charge in [-0.2, -0.15) is 0 Å². The van der Waals surface area contributed by atoms with Crippen molar-refractivity contribution in [1.82, 2.24) is 5.32 Å². The Labute approximate surface area is 200 Å². The molecule has 1 atom stereocenters. The van der Waals surface area contributed by atoms with Crippen molar-refractivity contribution >= 4 is 34.8 Å². The average molecular weight is 459 g/mol. The van der Waals surface area contributed by atoms with Crippen LogP contribution in [0.25, 0.3) is 0 Å². The highest BCUT2D eigenvalue weighted by Gasteiger charge is 2.09. The Morgan fingerprint density at radius 1 is 0.765 bits per heavy atom. The van der Waals surface area contributed by atoms with Crippen molar-refractivity contribution in [3.05, 3.63) is 89.5 Å². The molecular weight excluding hydrogens is 428 g/mol. The smallest absolute Gasteiger partial charge is 0.255 e. The van der Waals surface area contributed by atoms with E-state index in [-0.39, 0.29) is 30.3 Å². The number of amides is 3. The molecule has 3 aromatic rings. The molecule has 0 aliphatic heterocycles. The van der Waals surface area contributed by atoms with E-state index in [2.05, 4.69) is 21.3 Å². The Hall–Kier alpha value is -4.13. The highest BCUT2D eigenvalue weighted by molar-refractivity contribution is 6.04. The second-order valence-electron chi connectivity index (χ2n) is 8.16. The van der Waals surface area contributed by atoms with Gasteiger partial charge in [-0.05, 0) is 80.9 Å². The predicted molar refractivity (Wildman–Crippen MR) is 136 cm³/mol. The Morgan fingerprint density at radius 3 is 2.00 bits per heavy atom. The van der Waals surface area contributed by atoms with Crippen molar-refractivity contribution in [2.75, 3.05) is 22.5 Å². The largest absolute Gasteiger partial charge is 0.376 e. The summed E-state index contributed by atoms with van der Waals surface area (Å²) >= 11 is 0. The monoisotopic (exact) mass is 458 g/mol. The van der Waals surface area contributed by atoms with Gasteiger partial charge in [0.15, 0.2) is 0 Å². The average Bonchev–Trinajstić information content (AvgIpc) is 2.84. The summed E-state index contributed by atoms with van der Waals surface area (Å²) in [4.78, 5) is 36.8. The van der Waals surface area contributed by atoms with Crippen LogP contribution in [0.5, 0.6) is 0 Å². The predicted octanol–water partition coefficient (Wildman–Crippen LogP) is 4.83. The first-order valence-electron chi connectivity index (χ1n) is 11.3. The summed E-state index contributed by atoms with van der Waals surface area (Å²) in [5, 5.41) is 11.6. The fourth-order valence-corrected chi connectivity index (χ4v) is 3.16. The first-order chi connectivity index (χ1) is 16.3. The molecule has 34 heavy (non-hydrogen) atoms. The Morgan fingerprint density at radius 2 is 1.38 bits per heavy atom. The lowest BCUT2D eigenvalue weighted by atomic mass is 10.1. The van der Waals surface area contributed by atoms with Crippen LogP contribution in [0.15, 0.2) is 72.8 Å². The third-order valence-corrected chi connectivity index (χ3v) is 5.30. The molecule has 0 spiro atoms. The summed E-state index contributed by atoms with van der Waals surface area (Å²) in [7, 11) is 0. The number of hydrogen-bond donors (Lipinski definition) is 4. The zero-order chi connectivity index (χ0) is 24.5. The molecule has 3 rings (SSSR count). The third kappa shape index (κ3) is 7.20. The van der Waals surface area contributed by atoms with Crippen molar-refractivity contribution in [3.8, 4) is 0 Å². The van der Waals surface area contributed by atoms with Crippen LogP contribution < -0.4 is 21.3 Å². The molecule has 0 heterocycles. The van der Waals surface area contributed by atoms with Crippen LogP contribution in [0, 0.1) is 6.92 Å².